The first-order chi connectivity index (χ1) is 9.18. The number of aliphatic carboxylic acids is 1. The molecule has 2 aromatic heterocycles. The first-order valence-electron chi connectivity index (χ1n) is 6.33. The predicted octanol–water partition coefficient (Wildman–Crippen LogP) is 2.10. The van der Waals surface area contributed by atoms with Crippen molar-refractivity contribution in [1.29, 1.82) is 0 Å². The van der Waals surface area contributed by atoms with Crippen LogP contribution >= 0.6 is 0 Å². The quantitative estimate of drug-likeness (QED) is 0.836. The second-order valence-corrected chi connectivity index (χ2v) is 4.87. The third-order valence-electron chi connectivity index (χ3n) is 3.74. The minimum Gasteiger partial charge on any atom is -0.481 e. The standard InChI is InChI=1S/C14H15N3O2/c1-17-12(16-11-7-4-8-15-13(11)17)9-5-2-3-6-10(9)14(18)19/h2-4,7-10H,5-6H2,1H3,(H,18,19). The van der Waals surface area contributed by atoms with E-state index in [0.29, 0.717) is 12.8 Å². The van der Waals surface area contributed by atoms with Crippen LogP contribution in [0.15, 0.2) is 30.5 Å². The largest absolute Gasteiger partial charge is 0.481 e. The van der Waals surface area contributed by atoms with E-state index < -0.39 is 11.9 Å². The second kappa shape index (κ2) is 4.50. The van der Waals surface area contributed by atoms with Crippen LogP contribution in [0, 0.1) is 5.92 Å². The van der Waals surface area contributed by atoms with Crippen molar-refractivity contribution >= 4 is 17.1 Å². The molecule has 0 aliphatic heterocycles. The van der Waals surface area contributed by atoms with E-state index in [1.54, 1.807) is 6.20 Å². The lowest BCUT2D eigenvalue weighted by Crippen LogP contribution is -2.25. The molecule has 1 N–H and O–H groups in total. The monoisotopic (exact) mass is 257 g/mol. The van der Waals surface area contributed by atoms with E-state index in [-0.39, 0.29) is 5.92 Å². The minimum atomic E-state index is -0.755. The first kappa shape index (κ1) is 11.9. The van der Waals surface area contributed by atoms with Gasteiger partial charge in [-0.3, -0.25) is 4.79 Å². The van der Waals surface area contributed by atoms with E-state index in [4.69, 9.17) is 0 Å². The molecule has 0 fully saturated rings. The Balaban J connectivity index is 2.10. The zero-order valence-electron chi connectivity index (χ0n) is 10.7. The highest BCUT2D eigenvalue weighted by molar-refractivity contribution is 5.74. The van der Waals surface area contributed by atoms with Gasteiger partial charge in [-0.25, -0.2) is 9.97 Å². The smallest absolute Gasteiger partial charge is 0.307 e. The maximum absolute atomic E-state index is 11.4. The molecule has 0 spiro atoms. The summed E-state index contributed by atoms with van der Waals surface area (Å²) in [5.41, 5.74) is 1.62. The second-order valence-electron chi connectivity index (χ2n) is 4.87. The van der Waals surface area contributed by atoms with Crippen molar-refractivity contribution < 1.29 is 9.90 Å². The Kier molecular flexibility index (Phi) is 2.81. The summed E-state index contributed by atoms with van der Waals surface area (Å²) < 4.78 is 1.91. The number of carboxylic acids is 1. The van der Waals surface area contributed by atoms with Gasteiger partial charge in [0.1, 0.15) is 11.3 Å². The number of imidazole rings is 1. The Bertz CT molecular complexity index is 660. The van der Waals surface area contributed by atoms with Gasteiger partial charge >= 0.3 is 5.97 Å². The van der Waals surface area contributed by atoms with E-state index in [2.05, 4.69) is 9.97 Å². The number of aromatic nitrogens is 3. The number of hydrogen-bond donors (Lipinski definition) is 1. The van der Waals surface area contributed by atoms with Gasteiger partial charge in [0.05, 0.1) is 5.92 Å². The highest BCUT2D eigenvalue weighted by Crippen LogP contribution is 2.35. The Morgan fingerprint density at radius 3 is 2.95 bits per heavy atom. The lowest BCUT2D eigenvalue weighted by Gasteiger charge is -2.24. The van der Waals surface area contributed by atoms with Crippen LogP contribution < -0.4 is 0 Å². The van der Waals surface area contributed by atoms with Crippen LogP contribution in [0.25, 0.3) is 11.2 Å². The summed E-state index contributed by atoms with van der Waals surface area (Å²) in [6, 6.07) is 3.74. The molecule has 0 radical (unpaired) electrons. The average molecular weight is 257 g/mol. The number of nitrogens with zero attached hydrogens (tertiary/aromatic N) is 3. The molecule has 2 atom stereocenters. The van der Waals surface area contributed by atoms with Gasteiger partial charge < -0.3 is 9.67 Å². The van der Waals surface area contributed by atoms with Crippen LogP contribution in [-0.2, 0) is 11.8 Å². The molecule has 1 aliphatic rings. The van der Waals surface area contributed by atoms with E-state index >= 15 is 0 Å². The highest BCUT2D eigenvalue weighted by Gasteiger charge is 2.33. The lowest BCUT2D eigenvalue weighted by atomic mass is 9.82. The molecule has 5 heteroatoms. The number of pyridine rings is 1. The van der Waals surface area contributed by atoms with Crippen LogP contribution in [0.1, 0.15) is 24.6 Å². The molecule has 2 aromatic rings. The molecule has 0 amide bonds. The molecule has 0 aromatic carbocycles. The van der Waals surface area contributed by atoms with Crippen molar-refractivity contribution in [3.05, 3.63) is 36.3 Å². The van der Waals surface area contributed by atoms with Crippen molar-refractivity contribution in [2.75, 3.05) is 0 Å². The van der Waals surface area contributed by atoms with E-state index in [9.17, 15) is 9.90 Å². The summed E-state index contributed by atoms with van der Waals surface area (Å²) in [7, 11) is 1.90. The molecular weight excluding hydrogens is 242 g/mol. The zero-order chi connectivity index (χ0) is 13.4. The number of rotatable bonds is 2. The molecule has 0 bridgehead atoms. The third kappa shape index (κ3) is 1.91. The van der Waals surface area contributed by atoms with E-state index in [1.165, 1.54) is 0 Å². The van der Waals surface area contributed by atoms with Crippen molar-refractivity contribution in [3.63, 3.8) is 0 Å². The van der Waals surface area contributed by atoms with E-state index in [0.717, 1.165) is 17.0 Å². The SMILES string of the molecule is Cn1c(C2CC=CCC2C(=O)O)nc2cccnc21. The van der Waals surface area contributed by atoms with Gasteiger partial charge in [0.15, 0.2) is 5.65 Å². The molecule has 1 aliphatic carbocycles. The summed E-state index contributed by atoms with van der Waals surface area (Å²) in [5, 5.41) is 9.35. The zero-order valence-corrected chi connectivity index (χ0v) is 10.7. The Hall–Kier alpha value is -2.17. The number of carbonyl (C=O) groups is 1. The number of carboxylic acid groups (broad SMARTS) is 1. The summed E-state index contributed by atoms with van der Waals surface area (Å²) in [5.74, 6) is -0.429. The van der Waals surface area contributed by atoms with Crippen LogP contribution in [0.4, 0.5) is 0 Å². The molecule has 2 unspecified atom stereocenters. The van der Waals surface area contributed by atoms with Gasteiger partial charge in [0.25, 0.3) is 0 Å². The topological polar surface area (TPSA) is 68.0 Å². The van der Waals surface area contributed by atoms with Crippen LogP contribution in [0.2, 0.25) is 0 Å². The fourth-order valence-corrected chi connectivity index (χ4v) is 2.75. The van der Waals surface area contributed by atoms with Crippen molar-refractivity contribution in [1.82, 2.24) is 14.5 Å². The average Bonchev–Trinajstić information content (AvgIpc) is 2.76. The summed E-state index contributed by atoms with van der Waals surface area (Å²) >= 11 is 0. The van der Waals surface area contributed by atoms with Crippen LogP contribution in [-0.4, -0.2) is 25.6 Å². The number of aryl methyl sites for hydroxylation is 1. The van der Waals surface area contributed by atoms with E-state index in [1.807, 2.05) is 35.9 Å². The highest BCUT2D eigenvalue weighted by atomic mass is 16.4. The number of fused-ring (bicyclic) bond motifs is 1. The minimum absolute atomic E-state index is 0.0818. The molecule has 19 heavy (non-hydrogen) atoms. The number of allylic oxidation sites excluding steroid dienone is 2. The summed E-state index contributed by atoms with van der Waals surface area (Å²) in [4.78, 5) is 20.3. The Morgan fingerprint density at radius 2 is 2.21 bits per heavy atom. The van der Waals surface area contributed by atoms with Crippen molar-refractivity contribution in [2.45, 2.75) is 18.8 Å². The van der Waals surface area contributed by atoms with Gasteiger partial charge in [0, 0.05) is 19.2 Å². The summed E-state index contributed by atoms with van der Waals surface area (Å²) in [6.07, 6.45) is 6.99. The third-order valence-corrected chi connectivity index (χ3v) is 3.74. The van der Waals surface area contributed by atoms with Gasteiger partial charge in [0.2, 0.25) is 0 Å². The predicted molar refractivity (Wildman–Crippen MR) is 70.7 cm³/mol. The molecule has 98 valence electrons. The fourth-order valence-electron chi connectivity index (χ4n) is 2.75. The van der Waals surface area contributed by atoms with Gasteiger partial charge in [-0.05, 0) is 25.0 Å². The first-order valence-corrected chi connectivity index (χ1v) is 6.33. The van der Waals surface area contributed by atoms with Gasteiger partial charge in [-0.1, -0.05) is 12.2 Å². The van der Waals surface area contributed by atoms with Crippen LogP contribution in [0.3, 0.4) is 0 Å². The normalized spacial score (nSPS) is 22.8. The Morgan fingerprint density at radius 1 is 1.42 bits per heavy atom. The van der Waals surface area contributed by atoms with Gasteiger partial charge in [-0.15, -0.1) is 0 Å². The molecular formula is C14H15N3O2. The van der Waals surface area contributed by atoms with Crippen LogP contribution in [0.5, 0.6) is 0 Å². The molecule has 0 saturated heterocycles. The molecule has 2 heterocycles. The molecule has 3 rings (SSSR count). The molecule has 5 nitrogen and oxygen atoms in total. The summed E-state index contributed by atoms with van der Waals surface area (Å²) in [6.45, 7) is 0. The number of hydrogen-bond acceptors (Lipinski definition) is 3. The van der Waals surface area contributed by atoms with Gasteiger partial charge in [-0.2, -0.15) is 0 Å². The molecule has 0 saturated carbocycles. The fraction of sp³-hybridized carbons (Fsp3) is 0.357. The lowest BCUT2D eigenvalue weighted by molar-refractivity contribution is -0.142. The van der Waals surface area contributed by atoms with Crippen molar-refractivity contribution in [2.24, 2.45) is 13.0 Å². The Labute approximate surface area is 110 Å². The maximum Gasteiger partial charge on any atom is 0.307 e. The maximum atomic E-state index is 11.4. The van der Waals surface area contributed by atoms with Crippen molar-refractivity contribution in [3.8, 4) is 0 Å².